The Morgan fingerprint density at radius 3 is 2.67 bits per heavy atom. The molecule has 0 aliphatic heterocycles. The largest absolute Gasteiger partial charge is 0.450 e. The van der Waals surface area contributed by atoms with Crippen molar-refractivity contribution in [1.29, 1.82) is 5.26 Å². The Hall–Kier alpha value is -1.24. The third-order valence-corrected chi connectivity index (χ3v) is 3.56. The Labute approximate surface area is 110 Å². The van der Waals surface area contributed by atoms with Gasteiger partial charge in [0.1, 0.15) is 0 Å². The van der Waals surface area contributed by atoms with Crippen LogP contribution < -0.4 is 5.32 Å². The first-order valence-electron chi connectivity index (χ1n) is 6.60. The van der Waals surface area contributed by atoms with E-state index in [1.807, 2.05) is 0 Å². The van der Waals surface area contributed by atoms with E-state index in [1.54, 1.807) is 6.92 Å². The first-order chi connectivity index (χ1) is 8.30. The summed E-state index contributed by atoms with van der Waals surface area (Å²) in [6, 6.07) is 2.38. The SMILES string of the molecule is CCOC(=O)NCC1(C)CC(C#N)CC(C)(C)C1. The zero-order valence-electron chi connectivity index (χ0n) is 11.9. The van der Waals surface area contributed by atoms with Gasteiger partial charge in [-0.2, -0.15) is 5.26 Å². The highest BCUT2D eigenvalue weighted by molar-refractivity contribution is 5.67. The molecule has 0 spiro atoms. The molecule has 18 heavy (non-hydrogen) atoms. The van der Waals surface area contributed by atoms with E-state index in [0.29, 0.717) is 13.2 Å². The minimum Gasteiger partial charge on any atom is -0.450 e. The molecule has 1 fully saturated rings. The highest BCUT2D eigenvalue weighted by Gasteiger charge is 2.41. The minimum absolute atomic E-state index is 0.0189. The molecule has 0 aromatic carbocycles. The van der Waals surface area contributed by atoms with Crippen LogP contribution in [-0.2, 0) is 4.74 Å². The topological polar surface area (TPSA) is 62.1 Å². The Bertz CT molecular complexity index is 346. The average Bonchev–Trinajstić information content (AvgIpc) is 2.24. The molecular formula is C14H24N2O2. The summed E-state index contributed by atoms with van der Waals surface area (Å²) in [6.45, 7) is 9.28. The van der Waals surface area contributed by atoms with Crippen molar-refractivity contribution in [2.24, 2.45) is 16.7 Å². The fourth-order valence-corrected chi connectivity index (χ4v) is 3.33. The number of hydrogen-bond donors (Lipinski definition) is 1. The lowest BCUT2D eigenvalue weighted by Crippen LogP contribution is -2.43. The summed E-state index contributed by atoms with van der Waals surface area (Å²) >= 11 is 0. The summed E-state index contributed by atoms with van der Waals surface area (Å²) in [6.07, 6.45) is 2.44. The normalized spacial score (nSPS) is 30.3. The maximum atomic E-state index is 11.3. The van der Waals surface area contributed by atoms with Crippen LogP contribution in [0.25, 0.3) is 0 Å². The second-order valence-electron chi connectivity index (χ2n) is 6.46. The second-order valence-corrected chi connectivity index (χ2v) is 6.46. The molecule has 0 bridgehead atoms. The van der Waals surface area contributed by atoms with Gasteiger partial charge in [-0.15, -0.1) is 0 Å². The smallest absolute Gasteiger partial charge is 0.407 e. The van der Waals surface area contributed by atoms with Gasteiger partial charge in [-0.05, 0) is 37.0 Å². The summed E-state index contributed by atoms with van der Waals surface area (Å²) in [7, 11) is 0. The molecule has 4 heteroatoms. The summed E-state index contributed by atoms with van der Waals surface area (Å²) in [4.78, 5) is 11.3. The Morgan fingerprint density at radius 2 is 2.11 bits per heavy atom. The molecule has 4 nitrogen and oxygen atoms in total. The molecule has 1 aliphatic rings. The first kappa shape index (κ1) is 14.8. The van der Waals surface area contributed by atoms with Crippen molar-refractivity contribution in [1.82, 2.24) is 5.32 Å². The minimum atomic E-state index is -0.365. The molecule has 0 aromatic heterocycles. The molecule has 102 valence electrons. The molecule has 2 atom stereocenters. The maximum absolute atomic E-state index is 11.3. The van der Waals surface area contributed by atoms with E-state index in [-0.39, 0.29) is 22.8 Å². The van der Waals surface area contributed by atoms with Crippen molar-refractivity contribution in [2.75, 3.05) is 13.2 Å². The van der Waals surface area contributed by atoms with Crippen molar-refractivity contribution < 1.29 is 9.53 Å². The molecule has 1 rings (SSSR count). The van der Waals surface area contributed by atoms with Gasteiger partial charge in [-0.3, -0.25) is 0 Å². The van der Waals surface area contributed by atoms with Gasteiger partial charge >= 0.3 is 6.09 Å². The Balaban J connectivity index is 2.61. The Kier molecular flexibility index (Phi) is 4.61. The molecule has 0 heterocycles. The van der Waals surface area contributed by atoms with Gasteiger partial charge in [0, 0.05) is 12.5 Å². The van der Waals surface area contributed by atoms with Gasteiger partial charge in [-0.1, -0.05) is 20.8 Å². The number of hydrogen-bond acceptors (Lipinski definition) is 3. The molecular weight excluding hydrogens is 228 g/mol. The van der Waals surface area contributed by atoms with Crippen molar-refractivity contribution in [3.8, 4) is 6.07 Å². The number of nitrogens with zero attached hydrogens (tertiary/aromatic N) is 1. The monoisotopic (exact) mass is 252 g/mol. The number of rotatable bonds is 3. The molecule has 2 unspecified atom stereocenters. The molecule has 0 aromatic rings. The van der Waals surface area contributed by atoms with Crippen molar-refractivity contribution in [2.45, 2.75) is 47.0 Å². The van der Waals surface area contributed by atoms with Crippen LogP contribution in [0.15, 0.2) is 0 Å². The quantitative estimate of drug-likeness (QED) is 0.839. The number of carbonyl (C=O) groups excluding carboxylic acids is 1. The van der Waals surface area contributed by atoms with Gasteiger partial charge < -0.3 is 10.1 Å². The van der Waals surface area contributed by atoms with Crippen LogP contribution >= 0.6 is 0 Å². The number of nitriles is 1. The first-order valence-corrected chi connectivity index (χ1v) is 6.60. The van der Waals surface area contributed by atoms with E-state index in [1.165, 1.54) is 0 Å². The Morgan fingerprint density at radius 1 is 1.44 bits per heavy atom. The molecule has 0 radical (unpaired) electrons. The lowest BCUT2D eigenvalue weighted by atomic mass is 9.61. The molecule has 1 saturated carbocycles. The van der Waals surface area contributed by atoms with Crippen LogP contribution in [0, 0.1) is 28.1 Å². The zero-order valence-corrected chi connectivity index (χ0v) is 11.9. The predicted molar refractivity (Wildman–Crippen MR) is 69.9 cm³/mol. The summed E-state index contributed by atoms with van der Waals surface area (Å²) < 4.78 is 4.87. The highest BCUT2D eigenvalue weighted by atomic mass is 16.5. The van der Waals surface area contributed by atoms with E-state index < -0.39 is 0 Å². The molecule has 1 aliphatic carbocycles. The van der Waals surface area contributed by atoms with E-state index in [2.05, 4.69) is 32.2 Å². The fraction of sp³-hybridized carbons (Fsp3) is 0.857. The van der Waals surface area contributed by atoms with Crippen LogP contribution in [0.4, 0.5) is 4.79 Å². The summed E-state index contributed by atoms with van der Waals surface area (Å²) in [5.41, 5.74) is 0.138. The van der Waals surface area contributed by atoms with E-state index in [9.17, 15) is 4.79 Å². The number of alkyl carbamates (subject to hydrolysis) is 1. The third kappa shape index (κ3) is 4.21. The maximum Gasteiger partial charge on any atom is 0.407 e. The summed E-state index contributed by atoms with van der Waals surface area (Å²) in [5.74, 6) is 0.0859. The van der Waals surface area contributed by atoms with Gasteiger partial charge in [0.25, 0.3) is 0 Å². The van der Waals surface area contributed by atoms with Crippen LogP contribution in [0.2, 0.25) is 0 Å². The van der Waals surface area contributed by atoms with Crippen LogP contribution in [-0.4, -0.2) is 19.2 Å². The van der Waals surface area contributed by atoms with Crippen LogP contribution in [0.1, 0.15) is 47.0 Å². The van der Waals surface area contributed by atoms with Crippen molar-refractivity contribution in [3.63, 3.8) is 0 Å². The molecule has 0 saturated heterocycles. The predicted octanol–water partition coefficient (Wildman–Crippen LogP) is 3.09. The standard InChI is InChI=1S/C14H24N2O2/c1-5-18-12(17)16-10-14(4)7-11(8-15)6-13(2,3)9-14/h11H,5-7,9-10H2,1-4H3,(H,16,17). The number of ether oxygens (including phenoxy) is 1. The van der Waals surface area contributed by atoms with E-state index >= 15 is 0 Å². The second kappa shape index (κ2) is 5.60. The van der Waals surface area contributed by atoms with Gasteiger partial charge in [0.2, 0.25) is 0 Å². The van der Waals surface area contributed by atoms with E-state index in [4.69, 9.17) is 10.00 Å². The summed E-state index contributed by atoms with van der Waals surface area (Å²) in [5, 5.41) is 12.0. The zero-order chi connectivity index (χ0) is 13.8. The third-order valence-electron chi connectivity index (χ3n) is 3.56. The van der Waals surface area contributed by atoms with E-state index in [0.717, 1.165) is 19.3 Å². The molecule has 1 N–H and O–H groups in total. The molecule has 1 amide bonds. The van der Waals surface area contributed by atoms with Gasteiger partial charge in [-0.25, -0.2) is 4.79 Å². The van der Waals surface area contributed by atoms with Crippen molar-refractivity contribution in [3.05, 3.63) is 0 Å². The van der Waals surface area contributed by atoms with Crippen molar-refractivity contribution >= 4 is 6.09 Å². The number of carbonyl (C=O) groups is 1. The number of nitrogens with one attached hydrogen (secondary N) is 1. The fourth-order valence-electron chi connectivity index (χ4n) is 3.33. The van der Waals surface area contributed by atoms with Crippen LogP contribution in [0.3, 0.4) is 0 Å². The van der Waals surface area contributed by atoms with Gasteiger partial charge in [0.05, 0.1) is 12.7 Å². The average molecular weight is 252 g/mol. The lowest BCUT2D eigenvalue weighted by Gasteiger charge is -2.44. The highest BCUT2D eigenvalue weighted by Crippen LogP contribution is 2.48. The lowest BCUT2D eigenvalue weighted by molar-refractivity contribution is 0.0699. The van der Waals surface area contributed by atoms with Crippen LogP contribution in [0.5, 0.6) is 0 Å². The van der Waals surface area contributed by atoms with Gasteiger partial charge in [0.15, 0.2) is 0 Å². The number of amides is 1.